The molecule has 20 heavy (non-hydrogen) atoms. The molecule has 0 saturated heterocycles. The number of aryl methyl sites for hydroxylation is 1. The summed E-state index contributed by atoms with van der Waals surface area (Å²) in [5, 5.41) is 16.3. The predicted molar refractivity (Wildman–Crippen MR) is 76.6 cm³/mol. The van der Waals surface area contributed by atoms with Gasteiger partial charge in [0.05, 0.1) is 6.10 Å². The zero-order valence-electron chi connectivity index (χ0n) is 12.3. The summed E-state index contributed by atoms with van der Waals surface area (Å²) in [4.78, 5) is 23.5. The molecule has 0 aliphatic rings. The van der Waals surface area contributed by atoms with Crippen LogP contribution in [-0.2, 0) is 6.54 Å². The molecule has 0 saturated carbocycles. The van der Waals surface area contributed by atoms with Gasteiger partial charge >= 0.3 is 0 Å². The second-order valence-corrected chi connectivity index (χ2v) is 5.15. The summed E-state index contributed by atoms with van der Waals surface area (Å²) < 4.78 is 1.30. The molecule has 1 atom stereocenters. The number of amides is 1. The fourth-order valence-corrected chi connectivity index (χ4v) is 1.56. The van der Waals surface area contributed by atoms with Crippen molar-refractivity contribution >= 4 is 5.91 Å². The SMILES string of the molecule is CCCCn1nc(C(=O)NCC(O)C(C)C)ccc1=O. The summed E-state index contributed by atoms with van der Waals surface area (Å²) in [6, 6.07) is 2.75. The van der Waals surface area contributed by atoms with Crippen LogP contribution >= 0.6 is 0 Å². The highest BCUT2D eigenvalue weighted by molar-refractivity contribution is 5.91. The fraction of sp³-hybridized carbons (Fsp3) is 0.643. The van der Waals surface area contributed by atoms with Crippen molar-refractivity contribution in [1.82, 2.24) is 15.1 Å². The molecule has 1 amide bonds. The summed E-state index contributed by atoms with van der Waals surface area (Å²) in [7, 11) is 0. The van der Waals surface area contributed by atoms with Crippen LogP contribution < -0.4 is 10.9 Å². The van der Waals surface area contributed by atoms with E-state index in [1.807, 2.05) is 20.8 Å². The lowest BCUT2D eigenvalue weighted by atomic mass is 10.1. The summed E-state index contributed by atoms with van der Waals surface area (Å²) in [5.74, 6) is -0.309. The lowest BCUT2D eigenvalue weighted by Crippen LogP contribution is -2.36. The highest BCUT2D eigenvalue weighted by Gasteiger charge is 2.13. The molecule has 0 radical (unpaired) electrons. The highest BCUT2D eigenvalue weighted by Crippen LogP contribution is 2.00. The van der Waals surface area contributed by atoms with Crippen LogP contribution in [0.2, 0.25) is 0 Å². The van der Waals surface area contributed by atoms with Crippen LogP contribution in [0.5, 0.6) is 0 Å². The number of nitrogens with one attached hydrogen (secondary N) is 1. The van der Waals surface area contributed by atoms with Crippen molar-refractivity contribution in [3.8, 4) is 0 Å². The number of aromatic nitrogens is 2. The number of rotatable bonds is 7. The van der Waals surface area contributed by atoms with Gasteiger partial charge in [-0.15, -0.1) is 0 Å². The molecule has 1 aromatic rings. The average molecular weight is 281 g/mol. The Hall–Kier alpha value is -1.69. The van der Waals surface area contributed by atoms with Crippen LogP contribution in [0.15, 0.2) is 16.9 Å². The largest absolute Gasteiger partial charge is 0.391 e. The number of aliphatic hydroxyl groups excluding tert-OH is 1. The van der Waals surface area contributed by atoms with E-state index >= 15 is 0 Å². The number of carbonyl (C=O) groups is 1. The highest BCUT2D eigenvalue weighted by atomic mass is 16.3. The Balaban J connectivity index is 2.71. The standard InChI is InChI=1S/C14H23N3O3/c1-4-5-8-17-13(19)7-6-11(16-17)14(20)15-9-12(18)10(2)3/h6-7,10,12,18H,4-5,8-9H2,1-3H3,(H,15,20). The number of carbonyl (C=O) groups excluding carboxylic acids is 1. The Bertz CT molecular complexity index is 497. The molecular weight excluding hydrogens is 258 g/mol. The first-order valence-corrected chi connectivity index (χ1v) is 7.00. The molecule has 1 aromatic heterocycles. The number of hydrogen-bond acceptors (Lipinski definition) is 4. The average Bonchev–Trinajstić information content (AvgIpc) is 2.43. The number of hydrogen-bond donors (Lipinski definition) is 2. The third-order valence-corrected chi connectivity index (χ3v) is 3.06. The van der Waals surface area contributed by atoms with Crippen molar-refractivity contribution in [3.05, 3.63) is 28.2 Å². The molecule has 1 heterocycles. The molecule has 0 spiro atoms. The van der Waals surface area contributed by atoms with Crippen molar-refractivity contribution in [1.29, 1.82) is 0 Å². The van der Waals surface area contributed by atoms with Gasteiger partial charge in [-0.1, -0.05) is 27.2 Å². The molecule has 2 N–H and O–H groups in total. The first-order chi connectivity index (χ1) is 9.45. The molecule has 0 aromatic carbocycles. The molecule has 0 fully saturated rings. The summed E-state index contributed by atoms with van der Waals surface area (Å²) >= 11 is 0. The fourth-order valence-electron chi connectivity index (χ4n) is 1.56. The van der Waals surface area contributed by atoms with Gasteiger partial charge in [-0.3, -0.25) is 9.59 Å². The van der Waals surface area contributed by atoms with Crippen molar-refractivity contribution in [2.45, 2.75) is 46.3 Å². The number of unbranched alkanes of at least 4 members (excludes halogenated alkanes) is 1. The topological polar surface area (TPSA) is 84.2 Å². The number of aliphatic hydroxyl groups is 1. The maximum Gasteiger partial charge on any atom is 0.271 e. The van der Waals surface area contributed by atoms with E-state index in [-0.39, 0.29) is 29.6 Å². The van der Waals surface area contributed by atoms with E-state index in [1.54, 1.807) is 0 Å². The minimum Gasteiger partial charge on any atom is -0.391 e. The van der Waals surface area contributed by atoms with E-state index < -0.39 is 6.10 Å². The van der Waals surface area contributed by atoms with Crippen molar-refractivity contribution in [3.63, 3.8) is 0 Å². The van der Waals surface area contributed by atoms with Gasteiger partial charge in [0.2, 0.25) is 0 Å². The molecule has 1 unspecified atom stereocenters. The smallest absolute Gasteiger partial charge is 0.271 e. The Kier molecular flexibility index (Phi) is 6.38. The van der Waals surface area contributed by atoms with Crippen LogP contribution in [0.25, 0.3) is 0 Å². The maximum absolute atomic E-state index is 11.9. The molecule has 6 nitrogen and oxygen atoms in total. The minimum absolute atomic E-state index is 0.0711. The van der Waals surface area contributed by atoms with Gasteiger partial charge in [0.1, 0.15) is 5.69 Å². The Morgan fingerprint density at radius 3 is 2.75 bits per heavy atom. The Morgan fingerprint density at radius 2 is 2.15 bits per heavy atom. The van der Waals surface area contributed by atoms with E-state index in [2.05, 4.69) is 10.4 Å². The van der Waals surface area contributed by atoms with E-state index in [1.165, 1.54) is 16.8 Å². The first-order valence-electron chi connectivity index (χ1n) is 7.00. The number of nitrogens with zero attached hydrogens (tertiary/aromatic N) is 2. The zero-order valence-corrected chi connectivity index (χ0v) is 12.3. The molecule has 6 heteroatoms. The summed E-state index contributed by atoms with van der Waals surface area (Å²) in [5.41, 5.74) is -0.0196. The minimum atomic E-state index is -0.593. The van der Waals surface area contributed by atoms with Gasteiger partial charge in [-0.2, -0.15) is 5.10 Å². The Morgan fingerprint density at radius 1 is 1.45 bits per heavy atom. The van der Waals surface area contributed by atoms with Crippen molar-refractivity contribution in [2.24, 2.45) is 5.92 Å². The molecule has 0 aliphatic carbocycles. The lowest BCUT2D eigenvalue weighted by molar-refractivity contribution is 0.0864. The van der Waals surface area contributed by atoms with E-state index in [0.717, 1.165) is 12.8 Å². The predicted octanol–water partition coefficient (Wildman–Crippen LogP) is 0.790. The van der Waals surface area contributed by atoms with Crippen LogP contribution in [0.3, 0.4) is 0 Å². The van der Waals surface area contributed by atoms with E-state index in [9.17, 15) is 14.7 Å². The quantitative estimate of drug-likeness (QED) is 0.774. The first kappa shape index (κ1) is 16.4. The van der Waals surface area contributed by atoms with Crippen LogP contribution in [-0.4, -0.2) is 33.4 Å². The third kappa shape index (κ3) is 4.77. The molecule has 112 valence electrons. The van der Waals surface area contributed by atoms with Gasteiger partial charge in [-0.05, 0) is 18.4 Å². The van der Waals surface area contributed by atoms with Gasteiger partial charge in [0.25, 0.3) is 11.5 Å². The molecule has 0 aliphatic heterocycles. The van der Waals surface area contributed by atoms with Gasteiger partial charge in [0, 0.05) is 19.2 Å². The van der Waals surface area contributed by atoms with E-state index in [4.69, 9.17) is 0 Å². The lowest BCUT2D eigenvalue weighted by Gasteiger charge is -2.15. The van der Waals surface area contributed by atoms with Gasteiger partial charge in [0.15, 0.2) is 0 Å². The summed E-state index contributed by atoms with van der Waals surface area (Å²) in [6.45, 7) is 6.45. The second-order valence-electron chi connectivity index (χ2n) is 5.15. The Labute approximate surface area is 118 Å². The second kappa shape index (κ2) is 7.79. The van der Waals surface area contributed by atoms with E-state index in [0.29, 0.717) is 6.54 Å². The van der Waals surface area contributed by atoms with Gasteiger partial charge in [-0.25, -0.2) is 4.68 Å². The molecular formula is C14H23N3O3. The summed E-state index contributed by atoms with van der Waals surface area (Å²) in [6.07, 6.45) is 1.19. The van der Waals surface area contributed by atoms with Crippen LogP contribution in [0, 0.1) is 5.92 Å². The maximum atomic E-state index is 11.9. The molecule has 1 rings (SSSR count). The van der Waals surface area contributed by atoms with Crippen molar-refractivity contribution in [2.75, 3.05) is 6.54 Å². The van der Waals surface area contributed by atoms with Gasteiger partial charge < -0.3 is 10.4 Å². The zero-order chi connectivity index (χ0) is 15.1. The molecule has 0 bridgehead atoms. The normalized spacial score (nSPS) is 12.4. The van der Waals surface area contributed by atoms with Crippen LogP contribution in [0.4, 0.5) is 0 Å². The van der Waals surface area contributed by atoms with Crippen LogP contribution in [0.1, 0.15) is 44.1 Å². The monoisotopic (exact) mass is 281 g/mol. The third-order valence-electron chi connectivity index (χ3n) is 3.06. The van der Waals surface area contributed by atoms with Crippen molar-refractivity contribution < 1.29 is 9.90 Å².